The zero-order chi connectivity index (χ0) is 23.0. The highest BCUT2D eigenvalue weighted by Crippen LogP contribution is 2.34. The summed E-state index contributed by atoms with van der Waals surface area (Å²) >= 11 is 0. The number of amides is 2. The molecule has 0 bridgehead atoms. The molecular formula is C22H18F3N5O2. The number of aromatic nitrogens is 3. The van der Waals surface area contributed by atoms with Crippen LogP contribution in [-0.2, 0) is 22.3 Å². The van der Waals surface area contributed by atoms with E-state index in [1.54, 1.807) is 35.0 Å². The lowest BCUT2D eigenvalue weighted by atomic mass is 10.1. The number of hydrogen-bond acceptors (Lipinski definition) is 4. The van der Waals surface area contributed by atoms with Gasteiger partial charge in [-0.05, 0) is 29.8 Å². The maximum Gasteiger partial charge on any atom is 0.416 e. The van der Waals surface area contributed by atoms with E-state index in [0.717, 1.165) is 6.07 Å². The number of alkyl halides is 3. The third-order valence-electron chi connectivity index (χ3n) is 4.86. The lowest BCUT2D eigenvalue weighted by molar-refractivity contribution is -0.138. The first-order valence-electron chi connectivity index (χ1n) is 9.63. The van der Waals surface area contributed by atoms with Crippen LogP contribution in [-0.4, -0.2) is 26.3 Å². The van der Waals surface area contributed by atoms with Crippen LogP contribution in [0.15, 0.2) is 48.7 Å². The molecule has 10 heteroatoms. The maximum absolute atomic E-state index is 13.4. The average Bonchev–Trinajstić information content (AvgIpc) is 3.09. The van der Waals surface area contributed by atoms with Crippen molar-refractivity contribution in [1.29, 1.82) is 0 Å². The van der Waals surface area contributed by atoms with E-state index >= 15 is 0 Å². The summed E-state index contributed by atoms with van der Waals surface area (Å²) < 4.78 is 41.9. The summed E-state index contributed by atoms with van der Waals surface area (Å²) in [6, 6.07) is 10.6. The molecule has 0 atom stereocenters. The van der Waals surface area contributed by atoms with Gasteiger partial charge in [-0.25, -0.2) is 4.98 Å². The molecule has 7 nitrogen and oxygen atoms in total. The molecule has 2 aromatic heterocycles. The molecule has 0 spiro atoms. The number of benzene rings is 2. The van der Waals surface area contributed by atoms with Crippen LogP contribution in [0.1, 0.15) is 25.0 Å². The van der Waals surface area contributed by atoms with Crippen LogP contribution < -0.4 is 10.6 Å². The predicted octanol–water partition coefficient (Wildman–Crippen LogP) is 4.57. The summed E-state index contributed by atoms with van der Waals surface area (Å²) in [5, 5.41) is 6.32. The highest BCUT2D eigenvalue weighted by atomic mass is 19.4. The Bertz CT molecular complexity index is 1360. The normalized spacial score (nSPS) is 11.7. The van der Waals surface area contributed by atoms with Gasteiger partial charge >= 0.3 is 6.18 Å². The fourth-order valence-electron chi connectivity index (χ4n) is 3.63. The van der Waals surface area contributed by atoms with E-state index in [9.17, 15) is 22.8 Å². The summed E-state index contributed by atoms with van der Waals surface area (Å²) in [4.78, 5) is 31.7. The van der Waals surface area contributed by atoms with Crippen molar-refractivity contribution in [1.82, 2.24) is 14.5 Å². The Labute approximate surface area is 180 Å². The zero-order valence-electron chi connectivity index (χ0n) is 17.1. The molecule has 0 aliphatic rings. The van der Waals surface area contributed by atoms with Crippen molar-refractivity contribution in [3.63, 3.8) is 0 Å². The van der Waals surface area contributed by atoms with Crippen LogP contribution in [0, 0.1) is 0 Å². The number of hydrogen-bond donors (Lipinski definition) is 2. The molecule has 2 amide bonds. The summed E-state index contributed by atoms with van der Waals surface area (Å²) in [6.45, 7) is 2.64. The molecule has 0 fully saturated rings. The van der Waals surface area contributed by atoms with E-state index in [1.807, 2.05) is 0 Å². The lowest BCUT2D eigenvalue weighted by Gasteiger charge is -2.14. The van der Waals surface area contributed by atoms with E-state index < -0.39 is 11.7 Å². The van der Waals surface area contributed by atoms with Crippen LogP contribution in [0.25, 0.3) is 21.8 Å². The first-order valence-corrected chi connectivity index (χ1v) is 9.63. The van der Waals surface area contributed by atoms with Gasteiger partial charge in [-0.3, -0.25) is 14.9 Å². The molecule has 32 heavy (non-hydrogen) atoms. The van der Waals surface area contributed by atoms with Crippen molar-refractivity contribution < 1.29 is 22.8 Å². The Morgan fingerprint density at radius 1 is 0.969 bits per heavy atom. The van der Waals surface area contributed by atoms with Crippen molar-refractivity contribution in [3.8, 4) is 0 Å². The van der Waals surface area contributed by atoms with E-state index in [-0.39, 0.29) is 35.7 Å². The topological polar surface area (TPSA) is 88.9 Å². The van der Waals surface area contributed by atoms with E-state index in [1.165, 1.54) is 26.0 Å². The van der Waals surface area contributed by atoms with Gasteiger partial charge in [-0.2, -0.15) is 18.2 Å². The largest absolute Gasteiger partial charge is 0.416 e. The molecule has 0 unspecified atom stereocenters. The second kappa shape index (κ2) is 7.95. The molecule has 164 valence electrons. The van der Waals surface area contributed by atoms with Crippen molar-refractivity contribution in [2.45, 2.75) is 26.6 Å². The van der Waals surface area contributed by atoms with Crippen molar-refractivity contribution in [2.24, 2.45) is 0 Å². The molecular weight excluding hydrogens is 423 g/mol. The minimum Gasteiger partial charge on any atom is -0.343 e. The fourth-order valence-corrected chi connectivity index (χ4v) is 3.63. The molecule has 0 aliphatic carbocycles. The maximum atomic E-state index is 13.4. The van der Waals surface area contributed by atoms with Crippen molar-refractivity contribution >= 4 is 45.4 Å². The Hall–Kier alpha value is -3.95. The van der Waals surface area contributed by atoms with Gasteiger partial charge < -0.3 is 9.88 Å². The second-order valence-electron chi connectivity index (χ2n) is 7.25. The van der Waals surface area contributed by atoms with Gasteiger partial charge in [0.2, 0.25) is 17.8 Å². The third-order valence-corrected chi connectivity index (χ3v) is 4.86. The first kappa shape index (κ1) is 21.3. The van der Waals surface area contributed by atoms with Gasteiger partial charge in [-0.15, -0.1) is 0 Å². The predicted molar refractivity (Wildman–Crippen MR) is 114 cm³/mol. The standard InChI is InChI=1S/C22H18F3N5O2/c1-12(31)26-20-19-15-9-10-30(11-14-5-3-4-6-16(14)22(23,24)25)18(15)8-7-17(19)28-21(29-20)27-13(2)32/h3-10H,11H2,1-2H3,(H2,26,27,28,29,31,32). The van der Waals surface area contributed by atoms with Gasteiger partial charge in [-0.1, -0.05) is 18.2 Å². The molecule has 0 saturated carbocycles. The van der Waals surface area contributed by atoms with Gasteiger partial charge in [0.25, 0.3) is 0 Å². The van der Waals surface area contributed by atoms with E-state index in [2.05, 4.69) is 20.6 Å². The Morgan fingerprint density at radius 3 is 2.38 bits per heavy atom. The number of nitrogens with one attached hydrogen (secondary N) is 2. The van der Waals surface area contributed by atoms with Gasteiger partial charge in [0.15, 0.2) is 0 Å². The average molecular weight is 441 g/mol. The molecule has 2 aromatic carbocycles. The van der Waals surface area contributed by atoms with Gasteiger partial charge in [0, 0.05) is 37.5 Å². The molecule has 4 aromatic rings. The highest BCUT2D eigenvalue weighted by Gasteiger charge is 2.33. The van der Waals surface area contributed by atoms with Crippen molar-refractivity contribution in [2.75, 3.05) is 10.6 Å². The Kier molecular flexibility index (Phi) is 5.29. The quantitative estimate of drug-likeness (QED) is 0.486. The third kappa shape index (κ3) is 4.11. The number of anilines is 2. The molecule has 0 aliphatic heterocycles. The monoisotopic (exact) mass is 441 g/mol. The summed E-state index contributed by atoms with van der Waals surface area (Å²) in [5.41, 5.74) is 0.562. The van der Waals surface area contributed by atoms with Crippen LogP contribution in [0.2, 0.25) is 0 Å². The van der Waals surface area contributed by atoms with Crippen LogP contribution >= 0.6 is 0 Å². The number of fused-ring (bicyclic) bond motifs is 3. The Balaban J connectivity index is 1.86. The summed E-state index contributed by atoms with van der Waals surface area (Å²) in [5.74, 6) is -0.500. The molecule has 2 N–H and O–H groups in total. The lowest BCUT2D eigenvalue weighted by Crippen LogP contribution is -2.13. The van der Waals surface area contributed by atoms with Crippen molar-refractivity contribution in [3.05, 3.63) is 59.8 Å². The smallest absolute Gasteiger partial charge is 0.343 e. The van der Waals surface area contributed by atoms with E-state index in [0.29, 0.717) is 21.8 Å². The Morgan fingerprint density at radius 2 is 1.69 bits per heavy atom. The molecule has 0 saturated heterocycles. The zero-order valence-corrected chi connectivity index (χ0v) is 17.1. The number of carbonyl (C=O) groups excluding carboxylic acids is 2. The number of rotatable bonds is 4. The highest BCUT2D eigenvalue weighted by molar-refractivity contribution is 6.13. The van der Waals surface area contributed by atoms with Crippen LogP contribution in [0.3, 0.4) is 0 Å². The number of carbonyl (C=O) groups is 2. The number of halogens is 3. The first-order chi connectivity index (χ1) is 15.1. The van der Waals surface area contributed by atoms with Crippen LogP contribution in [0.5, 0.6) is 0 Å². The summed E-state index contributed by atoms with van der Waals surface area (Å²) in [6.07, 6.45) is -2.78. The summed E-state index contributed by atoms with van der Waals surface area (Å²) in [7, 11) is 0. The molecule has 4 rings (SSSR count). The van der Waals surface area contributed by atoms with Gasteiger partial charge in [0.05, 0.1) is 16.5 Å². The SMILES string of the molecule is CC(=O)Nc1nc(NC(C)=O)c2c(ccc3c2ccn3Cc2ccccc2C(F)(F)F)n1. The molecule has 2 heterocycles. The minimum absolute atomic E-state index is 0.00495. The fraction of sp³-hybridized carbons (Fsp3) is 0.182. The van der Waals surface area contributed by atoms with Crippen LogP contribution in [0.4, 0.5) is 24.9 Å². The minimum atomic E-state index is -4.46. The van der Waals surface area contributed by atoms with Gasteiger partial charge in [0.1, 0.15) is 5.82 Å². The number of nitrogens with zero attached hydrogens (tertiary/aromatic N) is 3. The second-order valence-corrected chi connectivity index (χ2v) is 7.25. The van der Waals surface area contributed by atoms with E-state index in [4.69, 9.17) is 0 Å². The molecule has 0 radical (unpaired) electrons.